The van der Waals surface area contributed by atoms with Crippen LogP contribution in [0.4, 0.5) is 0 Å². The first kappa shape index (κ1) is 13.6. The highest BCUT2D eigenvalue weighted by molar-refractivity contribution is 5.94. The number of hydrogen-bond donors (Lipinski definition) is 1. The van der Waals surface area contributed by atoms with E-state index < -0.39 is 0 Å². The minimum absolute atomic E-state index is 0.00120. The van der Waals surface area contributed by atoms with Gasteiger partial charge in [-0.3, -0.25) is 9.78 Å². The highest BCUT2D eigenvalue weighted by Gasteiger charge is 2.11. The lowest BCUT2D eigenvalue weighted by molar-refractivity contribution is 0.0618. The van der Waals surface area contributed by atoms with Crippen LogP contribution in [0.3, 0.4) is 0 Å². The largest absolute Gasteiger partial charge is 0.394 e. The molecule has 5 heteroatoms. The molecule has 0 aliphatic rings. The third-order valence-corrected chi connectivity index (χ3v) is 2.30. The fourth-order valence-corrected chi connectivity index (χ4v) is 1.37. The molecule has 0 fully saturated rings. The number of aliphatic hydroxyl groups is 1. The summed E-state index contributed by atoms with van der Waals surface area (Å²) in [5.74, 6) is -0.0527. The molecule has 0 saturated carbocycles. The average Bonchev–Trinajstić information content (AvgIpc) is 2.33. The SMILES string of the molecule is Cc1cc(C(=O)N(C)CCOCCO)ccn1. The first-order valence-corrected chi connectivity index (χ1v) is 5.52. The Morgan fingerprint density at radius 1 is 1.53 bits per heavy atom. The van der Waals surface area contributed by atoms with Crippen molar-refractivity contribution >= 4 is 5.91 Å². The van der Waals surface area contributed by atoms with E-state index in [1.165, 1.54) is 0 Å². The van der Waals surface area contributed by atoms with E-state index in [1.54, 1.807) is 30.3 Å². The van der Waals surface area contributed by atoms with Gasteiger partial charge < -0.3 is 14.7 Å². The van der Waals surface area contributed by atoms with Crippen LogP contribution < -0.4 is 0 Å². The van der Waals surface area contributed by atoms with Gasteiger partial charge in [-0.2, -0.15) is 0 Å². The van der Waals surface area contributed by atoms with E-state index in [2.05, 4.69) is 4.98 Å². The molecule has 5 nitrogen and oxygen atoms in total. The first-order valence-electron chi connectivity index (χ1n) is 5.52. The number of hydrogen-bond acceptors (Lipinski definition) is 4. The number of nitrogens with zero attached hydrogens (tertiary/aromatic N) is 2. The van der Waals surface area contributed by atoms with Gasteiger partial charge in [0.25, 0.3) is 5.91 Å². The van der Waals surface area contributed by atoms with Gasteiger partial charge in [-0.05, 0) is 19.1 Å². The second kappa shape index (κ2) is 6.98. The molecule has 1 amide bonds. The van der Waals surface area contributed by atoms with Crippen LogP contribution in [0.2, 0.25) is 0 Å². The van der Waals surface area contributed by atoms with E-state index in [0.717, 1.165) is 5.69 Å². The van der Waals surface area contributed by atoms with Crippen molar-refractivity contribution in [3.05, 3.63) is 29.6 Å². The summed E-state index contributed by atoms with van der Waals surface area (Å²) in [5.41, 5.74) is 1.45. The van der Waals surface area contributed by atoms with Crippen LogP contribution in [-0.4, -0.2) is 54.3 Å². The highest BCUT2D eigenvalue weighted by atomic mass is 16.5. The lowest BCUT2D eigenvalue weighted by Crippen LogP contribution is -2.30. The summed E-state index contributed by atoms with van der Waals surface area (Å²) in [7, 11) is 1.72. The van der Waals surface area contributed by atoms with Gasteiger partial charge in [0.1, 0.15) is 0 Å². The van der Waals surface area contributed by atoms with Crippen LogP contribution in [0.1, 0.15) is 16.1 Å². The van der Waals surface area contributed by atoms with Crippen molar-refractivity contribution in [2.24, 2.45) is 0 Å². The van der Waals surface area contributed by atoms with Gasteiger partial charge in [0.2, 0.25) is 0 Å². The summed E-state index contributed by atoms with van der Waals surface area (Å²) >= 11 is 0. The van der Waals surface area contributed by atoms with Crippen LogP contribution in [-0.2, 0) is 4.74 Å². The predicted octanol–water partition coefficient (Wildman–Crippen LogP) is 0.471. The lowest BCUT2D eigenvalue weighted by atomic mass is 10.2. The average molecular weight is 238 g/mol. The molecule has 1 aromatic rings. The van der Waals surface area contributed by atoms with Crippen LogP contribution >= 0.6 is 0 Å². The Kier molecular flexibility index (Phi) is 5.59. The molecule has 1 rings (SSSR count). The fourth-order valence-electron chi connectivity index (χ4n) is 1.37. The Morgan fingerprint density at radius 3 is 2.94 bits per heavy atom. The number of ether oxygens (including phenoxy) is 1. The zero-order valence-corrected chi connectivity index (χ0v) is 10.2. The maximum absolute atomic E-state index is 12.0. The molecular formula is C12H18N2O3. The second-order valence-electron chi connectivity index (χ2n) is 3.75. The molecular weight excluding hydrogens is 220 g/mol. The monoisotopic (exact) mass is 238 g/mol. The molecule has 0 spiro atoms. The van der Waals surface area contributed by atoms with Gasteiger partial charge in [-0.1, -0.05) is 0 Å². The topological polar surface area (TPSA) is 62.7 Å². The Hall–Kier alpha value is -1.46. The van der Waals surface area contributed by atoms with E-state index in [4.69, 9.17) is 9.84 Å². The molecule has 0 aromatic carbocycles. The summed E-state index contributed by atoms with van der Waals surface area (Å²) in [6, 6.07) is 3.45. The van der Waals surface area contributed by atoms with E-state index in [9.17, 15) is 4.79 Å². The van der Waals surface area contributed by atoms with E-state index >= 15 is 0 Å². The van der Waals surface area contributed by atoms with E-state index in [0.29, 0.717) is 25.3 Å². The van der Waals surface area contributed by atoms with Crippen molar-refractivity contribution in [2.45, 2.75) is 6.92 Å². The Bertz CT molecular complexity index is 369. The number of rotatable bonds is 6. The van der Waals surface area contributed by atoms with Crippen LogP contribution in [0.15, 0.2) is 18.3 Å². The van der Waals surface area contributed by atoms with Crippen molar-refractivity contribution in [1.29, 1.82) is 0 Å². The summed E-state index contributed by atoms with van der Waals surface area (Å²) in [6.45, 7) is 3.08. The van der Waals surface area contributed by atoms with Gasteiger partial charge >= 0.3 is 0 Å². The minimum atomic E-state index is -0.0527. The van der Waals surface area contributed by atoms with Crippen LogP contribution in [0.5, 0.6) is 0 Å². The number of likely N-dealkylation sites (N-methyl/N-ethyl adjacent to an activating group) is 1. The van der Waals surface area contributed by atoms with Crippen LogP contribution in [0, 0.1) is 6.92 Å². The summed E-state index contributed by atoms with van der Waals surface area (Å²) in [6.07, 6.45) is 1.62. The standard InChI is InChI=1S/C12H18N2O3/c1-10-9-11(3-4-13-10)12(16)14(2)5-7-17-8-6-15/h3-4,9,15H,5-8H2,1-2H3. The molecule has 0 radical (unpaired) electrons. The summed E-state index contributed by atoms with van der Waals surface area (Å²) in [5, 5.41) is 8.54. The Labute approximate surface area is 101 Å². The molecule has 0 unspecified atom stereocenters. The number of pyridine rings is 1. The fraction of sp³-hybridized carbons (Fsp3) is 0.500. The minimum Gasteiger partial charge on any atom is -0.394 e. The smallest absolute Gasteiger partial charge is 0.253 e. The molecule has 0 bridgehead atoms. The Balaban J connectivity index is 2.46. The van der Waals surface area contributed by atoms with Gasteiger partial charge in [0.15, 0.2) is 0 Å². The molecule has 1 N–H and O–H groups in total. The highest BCUT2D eigenvalue weighted by Crippen LogP contribution is 2.04. The number of carbonyl (C=O) groups excluding carboxylic acids is 1. The van der Waals surface area contributed by atoms with Crippen LogP contribution in [0.25, 0.3) is 0 Å². The number of carbonyl (C=O) groups is 1. The number of aryl methyl sites for hydroxylation is 1. The van der Waals surface area contributed by atoms with Crippen molar-refractivity contribution in [3.8, 4) is 0 Å². The van der Waals surface area contributed by atoms with Gasteiger partial charge in [-0.15, -0.1) is 0 Å². The molecule has 0 atom stereocenters. The third kappa shape index (κ3) is 4.50. The molecule has 17 heavy (non-hydrogen) atoms. The molecule has 1 heterocycles. The maximum Gasteiger partial charge on any atom is 0.253 e. The Morgan fingerprint density at radius 2 is 2.29 bits per heavy atom. The van der Waals surface area contributed by atoms with E-state index in [-0.39, 0.29) is 12.5 Å². The van der Waals surface area contributed by atoms with E-state index in [1.807, 2.05) is 6.92 Å². The van der Waals surface area contributed by atoms with Gasteiger partial charge in [0, 0.05) is 31.0 Å². The van der Waals surface area contributed by atoms with Crippen molar-refractivity contribution < 1.29 is 14.6 Å². The number of aromatic nitrogens is 1. The second-order valence-corrected chi connectivity index (χ2v) is 3.75. The molecule has 94 valence electrons. The van der Waals surface area contributed by atoms with Crippen molar-refractivity contribution in [3.63, 3.8) is 0 Å². The summed E-state index contributed by atoms with van der Waals surface area (Å²) < 4.78 is 5.11. The van der Waals surface area contributed by atoms with Crippen molar-refractivity contribution in [1.82, 2.24) is 9.88 Å². The van der Waals surface area contributed by atoms with Gasteiger partial charge in [-0.25, -0.2) is 0 Å². The summed E-state index contributed by atoms with van der Waals surface area (Å²) in [4.78, 5) is 17.6. The predicted molar refractivity (Wildman–Crippen MR) is 63.8 cm³/mol. The molecule has 0 saturated heterocycles. The zero-order valence-electron chi connectivity index (χ0n) is 10.2. The molecule has 0 aliphatic heterocycles. The van der Waals surface area contributed by atoms with Crippen molar-refractivity contribution in [2.75, 3.05) is 33.4 Å². The number of amides is 1. The number of aliphatic hydroxyl groups excluding tert-OH is 1. The maximum atomic E-state index is 12.0. The quantitative estimate of drug-likeness (QED) is 0.732. The molecule has 1 aromatic heterocycles. The first-order chi connectivity index (χ1) is 8.15. The normalized spacial score (nSPS) is 10.3. The van der Waals surface area contributed by atoms with Gasteiger partial charge in [0.05, 0.1) is 19.8 Å². The third-order valence-electron chi connectivity index (χ3n) is 2.30. The lowest BCUT2D eigenvalue weighted by Gasteiger charge is -2.17. The molecule has 0 aliphatic carbocycles. The zero-order chi connectivity index (χ0) is 12.7.